The van der Waals surface area contributed by atoms with Crippen molar-refractivity contribution in [2.45, 2.75) is 6.92 Å². The number of fused-ring (bicyclic) bond motifs is 2. The molecule has 0 aliphatic heterocycles. The largest absolute Gasteiger partial charge is 0.494 e. The van der Waals surface area contributed by atoms with Gasteiger partial charge < -0.3 is 15.0 Å². The lowest BCUT2D eigenvalue weighted by Gasteiger charge is -2.13. The van der Waals surface area contributed by atoms with E-state index >= 15 is 0 Å². The number of hydrogen-bond acceptors (Lipinski definition) is 6. The van der Waals surface area contributed by atoms with E-state index in [1.165, 1.54) is 0 Å². The predicted molar refractivity (Wildman–Crippen MR) is 134 cm³/mol. The van der Waals surface area contributed by atoms with E-state index < -0.39 is 0 Å². The SMILES string of the molecule is COc1cccc2c(Nc3ccc4[nH]c(C(=O)N/N=C/c5cccnc5)cc4c3)cc(C)nc12. The number of benzene rings is 2. The van der Waals surface area contributed by atoms with Gasteiger partial charge in [0, 0.05) is 51.3 Å². The molecule has 1 amide bonds. The molecule has 0 aliphatic carbocycles. The molecule has 3 N–H and O–H groups in total. The Kier molecular flexibility index (Phi) is 5.61. The van der Waals surface area contributed by atoms with Crippen molar-refractivity contribution in [1.82, 2.24) is 20.4 Å². The molecule has 5 aromatic rings. The Morgan fingerprint density at radius 2 is 2.03 bits per heavy atom. The zero-order valence-electron chi connectivity index (χ0n) is 18.7. The number of amides is 1. The van der Waals surface area contributed by atoms with Crippen LogP contribution in [0, 0.1) is 6.92 Å². The number of anilines is 2. The minimum Gasteiger partial charge on any atom is -0.494 e. The quantitative estimate of drug-likeness (QED) is 0.251. The highest BCUT2D eigenvalue weighted by Crippen LogP contribution is 2.32. The molecule has 0 bridgehead atoms. The third-order valence-electron chi connectivity index (χ3n) is 5.36. The fraction of sp³-hybridized carbons (Fsp3) is 0.0769. The number of aryl methyl sites for hydroxylation is 1. The first-order valence-electron chi connectivity index (χ1n) is 10.7. The summed E-state index contributed by atoms with van der Waals surface area (Å²) >= 11 is 0. The van der Waals surface area contributed by atoms with Crippen molar-refractivity contribution in [2.75, 3.05) is 12.4 Å². The minimum atomic E-state index is -0.325. The van der Waals surface area contributed by atoms with Crippen LogP contribution < -0.4 is 15.5 Å². The molecule has 0 spiro atoms. The first-order chi connectivity index (χ1) is 16.6. The number of aromatic nitrogens is 3. The number of nitrogens with zero attached hydrogens (tertiary/aromatic N) is 3. The molecule has 34 heavy (non-hydrogen) atoms. The number of carbonyl (C=O) groups excluding carboxylic acids is 1. The number of methoxy groups -OCH3 is 1. The van der Waals surface area contributed by atoms with Gasteiger partial charge in [-0.25, -0.2) is 10.4 Å². The molecular formula is C26H22N6O2. The average Bonchev–Trinajstić information content (AvgIpc) is 3.28. The van der Waals surface area contributed by atoms with Gasteiger partial charge in [-0.2, -0.15) is 5.10 Å². The summed E-state index contributed by atoms with van der Waals surface area (Å²) in [6.45, 7) is 1.95. The lowest BCUT2D eigenvalue weighted by atomic mass is 10.1. The van der Waals surface area contributed by atoms with Crippen LogP contribution in [0.2, 0.25) is 0 Å². The third-order valence-corrected chi connectivity index (χ3v) is 5.36. The topological polar surface area (TPSA) is 104 Å². The second-order valence-corrected chi connectivity index (χ2v) is 7.76. The molecule has 3 heterocycles. The summed E-state index contributed by atoms with van der Waals surface area (Å²) in [6.07, 6.45) is 4.89. The molecule has 3 aromatic heterocycles. The number of rotatable bonds is 6. The monoisotopic (exact) mass is 450 g/mol. The van der Waals surface area contributed by atoms with E-state index in [0.29, 0.717) is 5.69 Å². The molecule has 0 unspecified atom stereocenters. The van der Waals surface area contributed by atoms with Crippen LogP contribution in [0.5, 0.6) is 5.75 Å². The van der Waals surface area contributed by atoms with E-state index in [1.54, 1.807) is 37.9 Å². The van der Waals surface area contributed by atoms with Gasteiger partial charge in [-0.1, -0.05) is 18.2 Å². The molecule has 0 fully saturated rings. The summed E-state index contributed by atoms with van der Waals surface area (Å²) in [5.74, 6) is 0.404. The fourth-order valence-corrected chi connectivity index (χ4v) is 3.78. The maximum Gasteiger partial charge on any atom is 0.287 e. The van der Waals surface area contributed by atoms with Crippen LogP contribution in [0.3, 0.4) is 0 Å². The van der Waals surface area contributed by atoms with Crippen LogP contribution in [0.1, 0.15) is 21.7 Å². The van der Waals surface area contributed by atoms with Crippen molar-refractivity contribution in [2.24, 2.45) is 5.10 Å². The number of H-pyrrole nitrogens is 1. The van der Waals surface area contributed by atoms with E-state index in [-0.39, 0.29) is 5.91 Å². The maximum atomic E-state index is 12.5. The maximum absolute atomic E-state index is 12.5. The van der Waals surface area contributed by atoms with Gasteiger partial charge in [-0.05, 0) is 49.4 Å². The van der Waals surface area contributed by atoms with Gasteiger partial charge >= 0.3 is 0 Å². The summed E-state index contributed by atoms with van der Waals surface area (Å²) in [6, 6.07) is 19.2. The normalized spacial score (nSPS) is 11.2. The Balaban J connectivity index is 1.38. The molecule has 168 valence electrons. The number of para-hydroxylation sites is 1. The van der Waals surface area contributed by atoms with Crippen LogP contribution in [0.4, 0.5) is 11.4 Å². The van der Waals surface area contributed by atoms with Gasteiger partial charge in [0.1, 0.15) is 17.0 Å². The highest BCUT2D eigenvalue weighted by atomic mass is 16.5. The van der Waals surface area contributed by atoms with Crippen molar-refractivity contribution in [3.05, 3.63) is 90.0 Å². The summed E-state index contributed by atoms with van der Waals surface area (Å²) < 4.78 is 5.48. The van der Waals surface area contributed by atoms with Gasteiger partial charge in [0.15, 0.2) is 0 Å². The number of nitrogens with one attached hydrogen (secondary N) is 3. The van der Waals surface area contributed by atoms with E-state index in [2.05, 4.69) is 30.8 Å². The van der Waals surface area contributed by atoms with E-state index in [9.17, 15) is 4.79 Å². The number of hydrazone groups is 1. The van der Waals surface area contributed by atoms with Crippen LogP contribution in [0.25, 0.3) is 21.8 Å². The standard InChI is InChI=1S/C26H22N6O2/c1-16-11-22(20-6-3-7-24(34-2)25(20)29-16)30-19-8-9-21-18(12-19)13-23(31-21)26(33)32-28-15-17-5-4-10-27-14-17/h3-15,31H,1-2H3,(H,29,30)(H,32,33)/b28-15+. The second kappa shape index (κ2) is 9.03. The smallest absolute Gasteiger partial charge is 0.287 e. The molecule has 0 saturated carbocycles. The van der Waals surface area contributed by atoms with E-state index in [4.69, 9.17) is 4.74 Å². The van der Waals surface area contributed by atoms with Gasteiger partial charge in [-0.3, -0.25) is 9.78 Å². The average molecular weight is 451 g/mol. The summed E-state index contributed by atoms with van der Waals surface area (Å²) in [5, 5.41) is 9.35. The van der Waals surface area contributed by atoms with Gasteiger partial charge in [-0.15, -0.1) is 0 Å². The van der Waals surface area contributed by atoms with Crippen LogP contribution >= 0.6 is 0 Å². The molecule has 5 rings (SSSR count). The zero-order valence-corrected chi connectivity index (χ0v) is 18.7. The van der Waals surface area contributed by atoms with Gasteiger partial charge in [0.2, 0.25) is 0 Å². The summed E-state index contributed by atoms with van der Waals surface area (Å²) in [7, 11) is 1.64. The Labute approximate surface area is 195 Å². The summed E-state index contributed by atoms with van der Waals surface area (Å²) in [5.41, 5.74) is 8.12. The molecule has 0 aliphatic rings. The van der Waals surface area contributed by atoms with Crippen LogP contribution in [-0.2, 0) is 0 Å². The van der Waals surface area contributed by atoms with Crippen molar-refractivity contribution < 1.29 is 9.53 Å². The Bertz CT molecular complexity index is 1530. The van der Waals surface area contributed by atoms with E-state index in [0.717, 1.165) is 50.2 Å². The number of carbonyl (C=O) groups is 1. The molecular weight excluding hydrogens is 428 g/mol. The summed E-state index contributed by atoms with van der Waals surface area (Å²) in [4.78, 5) is 24.3. The highest BCUT2D eigenvalue weighted by Gasteiger charge is 2.11. The number of ether oxygens (including phenoxy) is 1. The number of pyridine rings is 2. The first kappa shape index (κ1) is 21.1. The molecule has 8 heteroatoms. The van der Waals surface area contributed by atoms with Crippen LogP contribution in [0.15, 0.2) is 78.2 Å². The number of hydrogen-bond donors (Lipinski definition) is 3. The van der Waals surface area contributed by atoms with Crippen molar-refractivity contribution in [3.8, 4) is 5.75 Å². The molecule has 2 aromatic carbocycles. The van der Waals surface area contributed by atoms with E-state index in [1.807, 2.05) is 55.5 Å². The van der Waals surface area contributed by atoms with Gasteiger partial charge in [0.05, 0.1) is 13.3 Å². The third kappa shape index (κ3) is 4.29. The predicted octanol–water partition coefficient (Wildman–Crippen LogP) is 4.94. The molecule has 0 radical (unpaired) electrons. The van der Waals surface area contributed by atoms with Crippen molar-refractivity contribution in [3.63, 3.8) is 0 Å². The first-order valence-corrected chi connectivity index (χ1v) is 10.7. The lowest BCUT2D eigenvalue weighted by molar-refractivity contribution is 0.0951. The second-order valence-electron chi connectivity index (χ2n) is 7.76. The van der Waals surface area contributed by atoms with Crippen molar-refractivity contribution >= 4 is 45.3 Å². The molecule has 8 nitrogen and oxygen atoms in total. The Morgan fingerprint density at radius 1 is 1.12 bits per heavy atom. The van der Waals surface area contributed by atoms with Crippen molar-refractivity contribution in [1.29, 1.82) is 0 Å². The minimum absolute atomic E-state index is 0.325. The Hall–Kier alpha value is -4.72. The molecule has 0 atom stereocenters. The van der Waals surface area contributed by atoms with Gasteiger partial charge in [0.25, 0.3) is 5.91 Å². The Morgan fingerprint density at radius 3 is 2.85 bits per heavy atom. The molecule has 0 saturated heterocycles. The van der Waals surface area contributed by atoms with Crippen LogP contribution in [-0.4, -0.2) is 34.2 Å². The highest BCUT2D eigenvalue weighted by molar-refractivity contribution is 6.00. The lowest BCUT2D eigenvalue weighted by Crippen LogP contribution is -2.17. The fourth-order valence-electron chi connectivity index (χ4n) is 3.78. The number of aromatic amines is 1. The zero-order chi connectivity index (χ0) is 23.5.